The van der Waals surface area contributed by atoms with Gasteiger partial charge in [0.15, 0.2) is 0 Å². The van der Waals surface area contributed by atoms with Crippen LogP contribution in [0.5, 0.6) is 0 Å². The number of benzene rings is 1. The Kier molecular flexibility index (Phi) is 3.59. The normalized spacial score (nSPS) is 9.83. The first-order valence-electron chi connectivity index (χ1n) is 5.86. The number of hydrogen-bond donors (Lipinski definition) is 1. The highest BCUT2D eigenvalue weighted by Crippen LogP contribution is 2.12. The molecular formula is C15H15N3. The minimum Gasteiger partial charge on any atom is -0.366 e. The van der Waals surface area contributed by atoms with Crippen molar-refractivity contribution in [2.24, 2.45) is 0 Å². The molecule has 1 N–H and O–H groups in total. The van der Waals surface area contributed by atoms with Crippen LogP contribution in [-0.4, -0.2) is 4.98 Å². The van der Waals surface area contributed by atoms with E-state index >= 15 is 0 Å². The summed E-state index contributed by atoms with van der Waals surface area (Å²) in [5.41, 5.74) is 3.97. The average molecular weight is 237 g/mol. The van der Waals surface area contributed by atoms with Crippen molar-refractivity contribution in [3.05, 3.63) is 58.8 Å². The standard InChI is InChI=1S/C15H15N3/c1-11-5-3-4-6-14(11)10-17-15-8-13(9-16)7-12(2)18-15/h3-8H,10H2,1-2H3,(H,17,18). The summed E-state index contributed by atoms with van der Waals surface area (Å²) in [5.74, 6) is 0.745. The van der Waals surface area contributed by atoms with E-state index in [9.17, 15) is 0 Å². The van der Waals surface area contributed by atoms with Crippen molar-refractivity contribution in [1.29, 1.82) is 5.26 Å². The maximum Gasteiger partial charge on any atom is 0.127 e. The van der Waals surface area contributed by atoms with Gasteiger partial charge in [-0.1, -0.05) is 24.3 Å². The monoisotopic (exact) mass is 237 g/mol. The van der Waals surface area contributed by atoms with Crippen LogP contribution in [0.15, 0.2) is 36.4 Å². The second-order valence-electron chi connectivity index (χ2n) is 4.27. The lowest BCUT2D eigenvalue weighted by Gasteiger charge is -2.09. The number of aryl methyl sites for hydroxylation is 2. The summed E-state index contributed by atoms with van der Waals surface area (Å²) in [7, 11) is 0. The Morgan fingerprint density at radius 1 is 1.22 bits per heavy atom. The number of nitrogens with zero attached hydrogens (tertiary/aromatic N) is 2. The Morgan fingerprint density at radius 2 is 2.00 bits per heavy atom. The molecule has 0 unspecified atom stereocenters. The number of nitriles is 1. The molecule has 0 atom stereocenters. The third-order valence-electron chi connectivity index (χ3n) is 2.80. The lowest BCUT2D eigenvalue weighted by atomic mass is 10.1. The second-order valence-corrected chi connectivity index (χ2v) is 4.27. The zero-order valence-corrected chi connectivity index (χ0v) is 10.6. The van der Waals surface area contributed by atoms with Gasteiger partial charge in [-0.3, -0.25) is 0 Å². The number of rotatable bonds is 3. The summed E-state index contributed by atoms with van der Waals surface area (Å²) in [5, 5.41) is 12.2. The molecule has 1 heterocycles. The van der Waals surface area contributed by atoms with Crippen molar-refractivity contribution in [3.8, 4) is 6.07 Å². The molecule has 0 radical (unpaired) electrons. The topological polar surface area (TPSA) is 48.7 Å². The van der Waals surface area contributed by atoms with Gasteiger partial charge in [0.2, 0.25) is 0 Å². The van der Waals surface area contributed by atoms with E-state index in [1.807, 2.05) is 19.1 Å². The van der Waals surface area contributed by atoms with Crippen molar-refractivity contribution in [2.75, 3.05) is 5.32 Å². The first-order chi connectivity index (χ1) is 8.69. The van der Waals surface area contributed by atoms with Crippen LogP contribution in [0, 0.1) is 25.2 Å². The summed E-state index contributed by atoms with van der Waals surface area (Å²) in [6, 6.07) is 13.9. The predicted molar refractivity (Wildman–Crippen MR) is 72.2 cm³/mol. The average Bonchev–Trinajstić information content (AvgIpc) is 2.37. The molecule has 1 aromatic heterocycles. The zero-order chi connectivity index (χ0) is 13.0. The molecule has 0 aliphatic carbocycles. The number of anilines is 1. The molecule has 0 saturated carbocycles. The summed E-state index contributed by atoms with van der Waals surface area (Å²) in [6.07, 6.45) is 0. The quantitative estimate of drug-likeness (QED) is 0.891. The molecule has 0 bridgehead atoms. The van der Waals surface area contributed by atoms with E-state index in [4.69, 9.17) is 5.26 Å². The molecular weight excluding hydrogens is 222 g/mol. The first kappa shape index (κ1) is 12.1. The molecule has 1 aromatic carbocycles. The van der Waals surface area contributed by atoms with Crippen molar-refractivity contribution in [1.82, 2.24) is 4.98 Å². The fourth-order valence-electron chi connectivity index (χ4n) is 1.82. The second kappa shape index (κ2) is 5.33. The van der Waals surface area contributed by atoms with Crippen LogP contribution in [0.2, 0.25) is 0 Å². The lowest BCUT2D eigenvalue weighted by molar-refractivity contribution is 1.07. The minimum atomic E-state index is 0.634. The number of hydrogen-bond acceptors (Lipinski definition) is 3. The van der Waals surface area contributed by atoms with Crippen LogP contribution in [0.1, 0.15) is 22.4 Å². The maximum absolute atomic E-state index is 8.91. The molecule has 0 fully saturated rings. The van der Waals surface area contributed by atoms with Gasteiger partial charge in [0.1, 0.15) is 5.82 Å². The van der Waals surface area contributed by atoms with Crippen LogP contribution in [0.25, 0.3) is 0 Å². The van der Waals surface area contributed by atoms with Crippen molar-refractivity contribution < 1.29 is 0 Å². The van der Waals surface area contributed by atoms with Crippen LogP contribution in [0.4, 0.5) is 5.82 Å². The SMILES string of the molecule is Cc1cc(C#N)cc(NCc2ccccc2C)n1. The van der Waals surface area contributed by atoms with Gasteiger partial charge in [-0.25, -0.2) is 4.98 Å². The molecule has 3 nitrogen and oxygen atoms in total. The van der Waals surface area contributed by atoms with E-state index in [1.54, 1.807) is 12.1 Å². The number of pyridine rings is 1. The molecule has 90 valence electrons. The molecule has 0 amide bonds. The summed E-state index contributed by atoms with van der Waals surface area (Å²) in [4.78, 5) is 4.36. The Labute approximate surface area is 107 Å². The smallest absolute Gasteiger partial charge is 0.127 e. The van der Waals surface area contributed by atoms with E-state index in [2.05, 4.69) is 35.4 Å². The van der Waals surface area contributed by atoms with Gasteiger partial charge in [-0.05, 0) is 37.1 Å². The Morgan fingerprint density at radius 3 is 2.72 bits per heavy atom. The van der Waals surface area contributed by atoms with Gasteiger partial charge in [0.05, 0.1) is 11.6 Å². The van der Waals surface area contributed by atoms with Crippen LogP contribution in [-0.2, 0) is 6.54 Å². The largest absolute Gasteiger partial charge is 0.366 e. The van der Waals surface area contributed by atoms with E-state index in [0.29, 0.717) is 12.1 Å². The number of nitrogens with one attached hydrogen (secondary N) is 1. The fourth-order valence-corrected chi connectivity index (χ4v) is 1.82. The molecule has 0 saturated heterocycles. The molecule has 2 aromatic rings. The first-order valence-corrected chi connectivity index (χ1v) is 5.86. The third-order valence-corrected chi connectivity index (χ3v) is 2.80. The van der Waals surface area contributed by atoms with E-state index in [0.717, 1.165) is 11.5 Å². The van der Waals surface area contributed by atoms with Gasteiger partial charge >= 0.3 is 0 Å². The molecule has 2 rings (SSSR count). The van der Waals surface area contributed by atoms with Gasteiger partial charge < -0.3 is 5.32 Å². The van der Waals surface area contributed by atoms with E-state index in [1.165, 1.54) is 11.1 Å². The van der Waals surface area contributed by atoms with Crippen LogP contribution in [0.3, 0.4) is 0 Å². The highest BCUT2D eigenvalue weighted by Gasteiger charge is 2.01. The van der Waals surface area contributed by atoms with Gasteiger partial charge in [-0.2, -0.15) is 5.26 Å². The van der Waals surface area contributed by atoms with Crippen molar-refractivity contribution in [2.45, 2.75) is 20.4 Å². The van der Waals surface area contributed by atoms with Crippen LogP contribution < -0.4 is 5.32 Å². The summed E-state index contributed by atoms with van der Waals surface area (Å²) < 4.78 is 0. The highest BCUT2D eigenvalue weighted by molar-refractivity contribution is 5.45. The Bertz CT molecular complexity index is 597. The Balaban J connectivity index is 2.14. The van der Waals surface area contributed by atoms with Crippen molar-refractivity contribution in [3.63, 3.8) is 0 Å². The van der Waals surface area contributed by atoms with Crippen molar-refractivity contribution >= 4 is 5.82 Å². The van der Waals surface area contributed by atoms with Gasteiger partial charge in [0.25, 0.3) is 0 Å². The minimum absolute atomic E-state index is 0.634. The van der Waals surface area contributed by atoms with E-state index < -0.39 is 0 Å². The maximum atomic E-state index is 8.91. The molecule has 0 spiro atoms. The van der Waals surface area contributed by atoms with Gasteiger partial charge in [0, 0.05) is 12.2 Å². The van der Waals surface area contributed by atoms with E-state index in [-0.39, 0.29) is 0 Å². The lowest BCUT2D eigenvalue weighted by Crippen LogP contribution is -2.03. The molecule has 3 heteroatoms. The van der Waals surface area contributed by atoms with Crippen LogP contribution >= 0.6 is 0 Å². The highest BCUT2D eigenvalue weighted by atomic mass is 15.0. The molecule has 18 heavy (non-hydrogen) atoms. The number of aromatic nitrogens is 1. The summed E-state index contributed by atoms with van der Waals surface area (Å²) >= 11 is 0. The summed E-state index contributed by atoms with van der Waals surface area (Å²) in [6.45, 7) is 4.69. The molecule has 0 aliphatic heterocycles. The predicted octanol–water partition coefficient (Wildman–Crippen LogP) is 3.18. The Hall–Kier alpha value is -2.34. The zero-order valence-electron chi connectivity index (χ0n) is 10.6. The molecule has 0 aliphatic rings. The fraction of sp³-hybridized carbons (Fsp3) is 0.200. The van der Waals surface area contributed by atoms with Gasteiger partial charge in [-0.15, -0.1) is 0 Å². The third kappa shape index (κ3) is 2.86.